The highest BCUT2D eigenvalue weighted by atomic mass is 16.7. The smallest absolute Gasteiger partial charge is 0.177 e. The van der Waals surface area contributed by atoms with Crippen LogP contribution >= 0.6 is 0 Å². The molecule has 1 aliphatic heterocycles. The highest BCUT2D eigenvalue weighted by Gasteiger charge is 2.34. The first-order valence-corrected chi connectivity index (χ1v) is 7.79. The molecule has 116 valence electrons. The van der Waals surface area contributed by atoms with Crippen molar-refractivity contribution < 1.29 is 19.7 Å². The third-order valence-corrected chi connectivity index (χ3v) is 4.61. The second-order valence-corrected chi connectivity index (χ2v) is 6.60. The van der Waals surface area contributed by atoms with Gasteiger partial charge < -0.3 is 19.7 Å². The molecule has 2 aliphatic rings. The topological polar surface area (TPSA) is 58.9 Å². The number of aliphatic hydroxyl groups excluding tert-OH is 2. The molecule has 4 heteroatoms. The lowest BCUT2D eigenvalue weighted by atomic mass is 9.75. The van der Waals surface area contributed by atoms with Gasteiger partial charge in [0.1, 0.15) is 12.2 Å². The molecule has 1 saturated carbocycles. The molecule has 20 heavy (non-hydrogen) atoms. The van der Waals surface area contributed by atoms with Crippen LogP contribution in [0.1, 0.15) is 40.0 Å². The summed E-state index contributed by atoms with van der Waals surface area (Å²) in [4.78, 5) is 0. The Labute approximate surface area is 121 Å². The largest absolute Gasteiger partial charge is 0.394 e. The minimum atomic E-state index is -0.744. The van der Waals surface area contributed by atoms with E-state index >= 15 is 0 Å². The highest BCUT2D eigenvalue weighted by molar-refractivity contribution is 5.00. The zero-order chi connectivity index (χ0) is 14.7. The van der Waals surface area contributed by atoms with E-state index in [1.807, 2.05) is 0 Å². The van der Waals surface area contributed by atoms with E-state index < -0.39 is 18.5 Å². The standard InChI is InChI=1S/C16H28O4/c1-10(2)12-5-4-11(3)8-14(12)19-16-7-6-13(18)15(9-17)20-16/h6-7,10-18H,4-5,8-9H2,1-3H3. The number of ether oxygens (including phenoxy) is 2. The predicted molar refractivity (Wildman–Crippen MR) is 77.1 cm³/mol. The minimum absolute atomic E-state index is 0.194. The summed E-state index contributed by atoms with van der Waals surface area (Å²) in [5, 5.41) is 18.8. The van der Waals surface area contributed by atoms with Crippen LogP contribution < -0.4 is 0 Å². The van der Waals surface area contributed by atoms with Crippen LogP contribution in [0.15, 0.2) is 12.2 Å². The molecule has 6 unspecified atom stereocenters. The third kappa shape index (κ3) is 3.82. The van der Waals surface area contributed by atoms with Crippen LogP contribution in [-0.2, 0) is 9.47 Å². The summed E-state index contributed by atoms with van der Waals surface area (Å²) >= 11 is 0. The lowest BCUT2D eigenvalue weighted by molar-refractivity contribution is -0.215. The normalized spacial score (nSPS) is 42.1. The van der Waals surface area contributed by atoms with Gasteiger partial charge in [0, 0.05) is 0 Å². The van der Waals surface area contributed by atoms with Gasteiger partial charge in [-0.05, 0) is 36.7 Å². The molecule has 0 radical (unpaired) electrons. The van der Waals surface area contributed by atoms with E-state index in [1.165, 1.54) is 12.8 Å². The first kappa shape index (κ1) is 16.0. The molecule has 1 fully saturated rings. The third-order valence-electron chi connectivity index (χ3n) is 4.61. The van der Waals surface area contributed by atoms with Crippen LogP contribution in [0.2, 0.25) is 0 Å². The van der Waals surface area contributed by atoms with Gasteiger partial charge in [-0.25, -0.2) is 0 Å². The van der Waals surface area contributed by atoms with Gasteiger partial charge in [0.25, 0.3) is 0 Å². The highest BCUT2D eigenvalue weighted by Crippen LogP contribution is 2.36. The van der Waals surface area contributed by atoms with Crippen molar-refractivity contribution in [1.82, 2.24) is 0 Å². The minimum Gasteiger partial charge on any atom is -0.394 e. The van der Waals surface area contributed by atoms with Gasteiger partial charge in [0.05, 0.1) is 12.7 Å². The second kappa shape index (κ2) is 7.03. The van der Waals surface area contributed by atoms with Gasteiger partial charge in [-0.1, -0.05) is 33.3 Å². The number of hydrogen-bond acceptors (Lipinski definition) is 4. The molecule has 0 bridgehead atoms. The summed E-state index contributed by atoms with van der Waals surface area (Å²) in [6, 6.07) is 0. The Bertz CT molecular complexity index is 328. The molecule has 0 saturated heterocycles. The fourth-order valence-corrected chi connectivity index (χ4v) is 3.30. The van der Waals surface area contributed by atoms with E-state index in [2.05, 4.69) is 20.8 Å². The van der Waals surface area contributed by atoms with Gasteiger partial charge in [0.2, 0.25) is 0 Å². The van der Waals surface area contributed by atoms with Gasteiger partial charge in [-0.15, -0.1) is 0 Å². The molecule has 1 aliphatic carbocycles. The van der Waals surface area contributed by atoms with Crippen LogP contribution in [0.4, 0.5) is 0 Å². The van der Waals surface area contributed by atoms with E-state index in [-0.39, 0.29) is 12.7 Å². The Morgan fingerprint density at radius 3 is 2.70 bits per heavy atom. The van der Waals surface area contributed by atoms with Crippen LogP contribution in [0.25, 0.3) is 0 Å². The van der Waals surface area contributed by atoms with Gasteiger partial charge in [-0.2, -0.15) is 0 Å². The van der Waals surface area contributed by atoms with Gasteiger partial charge in [-0.3, -0.25) is 0 Å². The first-order chi connectivity index (χ1) is 9.51. The van der Waals surface area contributed by atoms with Crippen molar-refractivity contribution in [2.45, 2.75) is 64.6 Å². The maximum atomic E-state index is 9.65. The Morgan fingerprint density at radius 1 is 1.30 bits per heavy atom. The summed E-state index contributed by atoms with van der Waals surface area (Å²) in [5.41, 5.74) is 0. The SMILES string of the molecule is CC1CCC(C(C)C)C(OC2C=CC(O)C(CO)O2)C1. The Hall–Kier alpha value is -0.420. The molecule has 0 aromatic rings. The zero-order valence-corrected chi connectivity index (χ0v) is 12.7. The van der Waals surface area contributed by atoms with Crippen molar-refractivity contribution in [3.05, 3.63) is 12.2 Å². The molecule has 0 spiro atoms. The molecule has 1 heterocycles. The Kier molecular flexibility index (Phi) is 5.61. The van der Waals surface area contributed by atoms with Crippen molar-refractivity contribution in [1.29, 1.82) is 0 Å². The van der Waals surface area contributed by atoms with E-state index in [9.17, 15) is 10.2 Å². The average Bonchev–Trinajstić information content (AvgIpc) is 2.40. The summed E-state index contributed by atoms with van der Waals surface area (Å²) in [6.07, 6.45) is 5.36. The van der Waals surface area contributed by atoms with E-state index in [0.717, 1.165) is 6.42 Å². The summed E-state index contributed by atoms with van der Waals surface area (Å²) in [5.74, 6) is 1.84. The molecule has 6 atom stereocenters. The average molecular weight is 284 g/mol. The quantitative estimate of drug-likeness (QED) is 0.776. The maximum absolute atomic E-state index is 9.65. The first-order valence-electron chi connectivity index (χ1n) is 7.79. The summed E-state index contributed by atoms with van der Waals surface area (Å²) in [6.45, 7) is 6.56. The maximum Gasteiger partial charge on any atom is 0.177 e. The zero-order valence-electron chi connectivity index (χ0n) is 12.7. The van der Waals surface area contributed by atoms with E-state index in [0.29, 0.717) is 17.8 Å². The Morgan fingerprint density at radius 2 is 2.05 bits per heavy atom. The van der Waals surface area contributed by atoms with Crippen LogP contribution in [-0.4, -0.2) is 41.4 Å². The molecule has 0 aromatic carbocycles. The number of aliphatic hydroxyl groups is 2. The second-order valence-electron chi connectivity index (χ2n) is 6.60. The molecule has 4 nitrogen and oxygen atoms in total. The van der Waals surface area contributed by atoms with Gasteiger partial charge >= 0.3 is 0 Å². The van der Waals surface area contributed by atoms with Crippen molar-refractivity contribution in [2.75, 3.05) is 6.61 Å². The van der Waals surface area contributed by atoms with Gasteiger partial charge in [0.15, 0.2) is 6.29 Å². The molecule has 0 amide bonds. The monoisotopic (exact) mass is 284 g/mol. The van der Waals surface area contributed by atoms with Crippen LogP contribution in [0.3, 0.4) is 0 Å². The van der Waals surface area contributed by atoms with E-state index in [4.69, 9.17) is 9.47 Å². The van der Waals surface area contributed by atoms with Crippen LogP contribution in [0, 0.1) is 17.8 Å². The predicted octanol–water partition coefficient (Wildman–Crippen LogP) is 2.10. The van der Waals surface area contributed by atoms with Crippen molar-refractivity contribution in [2.24, 2.45) is 17.8 Å². The molecular weight excluding hydrogens is 256 g/mol. The van der Waals surface area contributed by atoms with E-state index in [1.54, 1.807) is 12.2 Å². The fraction of sp³-hybridized carbons (Fsp3) is 0.875. The van der Waals surface area contributed by atoms with Crippen molar-refractivity contribution in [3.8, 4) is 0 Å². The molecule has 2 rings (SSSR count). The number of rotatable bonds is 4. The summed E-state index contributed by atoms with van der Waals surface area (Å²) < 4.78 is 11.7. The molecule has 0 aromatic heterocycles. The molecule has 2 N–H and O–H groups in total. The lowest BCUT2D eigenvalue weighted by Crippen LogP contribution is -2.43. The van der Waals surface area contributed by atoms with Crippen molar-refractivity contribution >= 4 is 0 Å². The molecular formula is C16H28O4. The van der Waals surface area contributed by atoms with Crippen molar-refractivity contribution in [3.63, 3.8) is 0 Å². The lowest BCUT2D eigenvalue weighted by Gasteiger charge is -2.39. The fourth-order valence-electron chi connectivity index (χ4n) is 3.30. The summed E-state index contributed by atoms with van der Waals surface area (Å²) in [7, 11) is 0. The Balaban J connectivity index is 1.98. The van der Waals surface area contributed by atoms with Crippen LogP contribution in [0.5, 0.6) is 0 Å². The number of hydrogen-bond donors (Lipinski definition) is 2.